The molecule has 2 atom stereocenters. The molecule has 0 aromatic carbocycles. The number of β-amino-alcohol motifs (C(OH)–C–C–N with tert-alkyl or cyclic N) is 1. The van der Waals surface area contributed by atoms with E-state index in [2.05, 4.69) is 52.4 Å². The van der Waals surface area contributed by atoms with E-state index in [9.17, 15) is 14.7 Å². The van der Waals surface area contributed by atoms with Crippen LogP contribution in [0, 0.1) is 0 Å². The van der Waals surface area contributed by atoms with E-state index in [4.69, 9.17) is 5.73 Å². The number of halogens is 2. The fraction of sp³-hybridized carbons (Fsp3) is 0.375. The lowest BCUT2D eigenvalue weighted by molar-refractivity contribution is 0.0645. The summed E-state index contributed by atoms with van der Waals surface area (Å²) in [5.41, 5.74) is 6.31. The van der Waals surface area contributed by atoms with Crippen molar-refractivity contribution in [2.24, 2.45) is 0 Å². The number of nitrogens with two attached hydrogens (primary N) is 1. The first-order valence-electron chi connectivity index (χ1n) is 8.23. The zero-order valence-electron chi connectivity index (χ0n) is 14.2. The van der Waals surface area contributed by atoms with Crippen molar-refractivity contribution in [3.63, 3.8) is 0 Å². The molecular formula is C16H18Br2N6O3. The molecule has 2 amide bonds. The summed E-state index contributed by atoms with van der Waals surface area (Å²) < 4.78 is 1.11. The van der Waals surface area contributed by atoms with Gasteiger partial charge < -0.3 is 21.1 Å². The van der Waals surface area contributed by atoms with Crippen LogP contribution in [0.1, 0.15) is 33.7 Å². The molecule has 2 aromatic heterocycles. The Morgan fingerprint density at radius 1 is 1.37 bits per heavy atom. The fourth-order valence-electron chi connectivity index (χ4n) is 2.94. The first-order valence-corrected chi connectivity index (χ1v) is 9.82. The topological polar surface area (TPSA) is 137 Å². The van der Waals surface area contributed by atoms with Crippen LogP contribution in [0.4, 0.5) is 5.82 Å². The monoisotopic (exact) mass is 500 g/mol. The molecule has 0 spiro atoms. The van der Waals surface area contributed by atoms with Crippen LogP contribution in [-0.4, -0.2) is 62.2 Å². The molecule has 11 heteroatoms. The van der Waals surface area contributed by atoms with E-state index in [0.29, 0.717) is 33.9 Å². The summed E-state index contributed by atoms with van der Waals surface area (Å²) in [6.07, 6.45) is 3.17. The molecule has 1 saturated heterocycles. The van der Waals surface area contributed by atoms with Crippen LogP contribution < -0.4 is 11.1 Å². The third-order valence-corrected chi connectivity index (χ3v) is 5.51. The molecule has 27 heavy (non-hydrogen) atoms. The number of rotatable bonds is 3. The lowest BCUT2D eigenvalue weighted by Gasteiger charge is -2.21. The summed E-state index contributed by atoms with van der Waals surface area (Å²) in [7, 11) is 0. The van der Waals surface area contributed by atoms with E-state index in [1.807, 2.05) is 0 Å². The Labute approximate surface area is 172 Å². The van der Waals surface area contributed by atoms with Crippen molar-refractivity contribution in [3.8, 4) is 0 Å². The minimum Gasteiger partial charge on any atom is -0.391 e. The van der Waals surface area contributed by atoms with Crippen molar-refractivity contribution in [1.82, 2.24) is 25.4 Å². The van der Waals surface area contributed by atoms with Gasteiger partial charge in [0.05, 0.1) is 16.1 Å². The number of pyridine rings is 1. The number of hydrogen-bond acceptors (Lipinski definition) is 6. The molecule has 144 valence electrons. The van der Waals surface area contributed by atoms with Gasteiger partial charge in [0.1, 0.15) is 5.69 Å². The predicted octanol–water partition coefficient (Wildman–Crippen LogP) is 1.31. The highest BCUT2D eigenvalue weighted by Crippen LogP contribution is 2.23. The highest BCUT2D eigenvalue weighted by Gasteiger charge is 2.29. The number of nitrogen functional groups attached to an aromatic ring is 1. The summed E-state index contributed by atoms with van der Waals surface area (Å²) in [6.45, 7) is 0.540. The zero-order chi connectivity index (χ0) is 19.6. The minimum absolute atomic E-state index is 0.162. The molecule has 0 saturated carbocycles. The number of aromatic amines is 1. The van der Waals surface area contributed by atoms with E-state index in [0.717, 1.165) is 0 Å². The van der Waals surface area contributed by atoms with Crippen LogP contribution in [0.2, 0.25) is 0 Å². The average Bonchev–Trinajstić information content (AvgIpc) is 2.85. The van der Waals surface area contributed by atoms with Gasteiger partial charge in [0, 0.05) is 36.0 Å². The third kappa shape index (κ3) is 4.66. The number of aliphatic hydroxyl groups is 1. The Morgan fingerprint density at radius 3 is 2.81 bits per heavy atom. The van der Waals surface area contributed by atoms with E-state index < -0.39 is 6.10 Å². The number of anilines is 1. The maximum atomic E-state index is 12.7. The maximum Gasteiger partial charge on any atom is 0.273 e. The molecule has 3 rings (SSSR count). The summed E-state index contributed by atoms with van der Waals surface area (Å²) in [5, 5.41) is 19.6. The number of likely N-dealkylation sites (tertiary alicyclic amines) is 1. The van der Waals surface area contributed by atoms with Crippen molar-refractivity contribution in [3.05, 3.63) is 38.7 Å². The Morgan fingerprint density at radius 2 is 2.15 bits per heavy atom. The van der Waals surface area contributed by atoms with E-state index in [1.165, 1.54) is 11.1 Å². The second kappa shape index (κ2) is 8.36. The van der Waals surface area contributed by atoms with Crippen molar-refractivity contribution in [1.29, 1.82) is 0 Å². The van der Waals surface area contributed by atoms with Gasteiger partial charge in [-0.25, -0.2) is 0 Å². The molecule has 1 aliphatic rings. The first-order chi connectivity index (χ1) is 12.8. The van der Waals surface area contributed by atoms with Crippen LogP contribution in [-0.2, 0) is 0 Å². The fourth-order valence-corrected chi connectivity index (χ4v) is 3.65. The predicted molar refractivity (Wildman–Crippen MR) is 105 cm³/mol. The molecule has 0 radical (unpaired) electrons. The molecule has 0 aliphatic carbocycles. The smallest absolute Gasteiger partial charge is 0.273 e. The van der Waals surface area contributed by atoms with Crippen LogP contribution in [0.15, 0.2) is 27.4 Å². The molecular weight excluding hydrogens is 484 g/mol. The normalized spacial score (nSPS) is 20.2. The Bertz CT molecular complexity index is 858. The van der Waals surface area contributed by atoms with Crippen LogP contribution in [0.3, 0.4) is 0 Å². The number of aliphatic hydroxyl groups excluding tert-OH is 1. The molecule has 0 bridgehead atoms. The summed E-state index contributed by atoms with van der Waals surface area (Å²) in [6, 6.07) is 1.41. The van der Waals surface area contributed by atoms with E-state index in [-0.39, 0.29) is 35.9 Å². The largest absolute Gasteiger partial charge is 0.391 e. The zero-order valence-corrected chi connectivity index (χ0v) is 17.3. The molecule has 1 fully saturated rings. The third-order valence-electron chi connectivity index (χ3n) is 4.27. The second-order valence-corrected chi connectivity index (χ2v) is 8.00. The first kappa shape index (κ1) is 19.8. The van der Waals surface area contributed by atoms with Gasteiger partial charge in [0.2, 0.25) is 0 Å². The Hall–Kier alpha value is -1.98. The summed E-state index contributed by atoms with van der Waals surface area (Å²) in [4.78, 5) is 30.6. The Balaban J connectivity index is 1.66. The van der Waals surface area contributed by atoms with Crippen LogP contribution in [0.25, 0.3) is 0 Å². The van der Waals surface area contributed by atoms with Crippen molar-refractivity contribution in [2.75, 3.05) is 18.8 Å². The van der Waals surface area contributed by atoms with Crippen molar-refractivity contribution < 1.29 is 14.7 Å². The Kier molecular flexibility index (Phi) is 6.12. The number of H-pyrrole nitrogens is 1. The number of amides is 2. The van der Waals surface area contributed by atoms with Gasteiger partial charge >= 0.3 is 0 Å². The van der Waals surface area contributed by atoms with Gasteiger partial charge in [-0.15, -0.1) is 0 Å². The van der Waals surface area contributed by atoms with Gasteiger partial charge in [0.25, 0.3) is 11.8 Å². The van der Waals surface area contributed by atoms with Gasteiger partial charge in [-0.3, -0.25) is 19.7 Å². The molecule has 1 aliphatic heterocycles. The SMILES string of the molecule is Nc1n[nH]c(C(=O)N2CC[C@H](NC(=O)c3cncc(Br)c3)C[C@H](O)C2)c1Br. The number of aromatic nitrogens is 3. The maximum absolute atomic E-state index is 12.7. The number of carbonyl (C=O) groups excluding carboxylic acids is 2. The number of nitrogens with zero attached hydrogens (tertiary/aromatic N) is 3. The number of hydrogen-bond donors (Lipinski definition) is 4. The number of nitrogens with one attached hydrogen (secondary N) is 2. The highest BCUT2D eigenvalue weighted by molar-refractivity contribution is 9.11. The standard InChI is InChI=1S/C16H18Br2N6O3/c17-9-3-8(5-20-6-9)15(26)21-10-1-2-24(7-11(25)4-10)16(27)13-12(18)14(19)23-22-13/h3,5-6,10-11,25H,1-2,4,7H2,(H,21,26)(H3,19,22,23)/t10-,11-/m0/s1. The quantitative estimate of drug-likeness (QED) is 0.500. The molecule has 5 N–H and O–H groups in total. The number of carbonyl (C=O) groups is 2. The molecule has 3 heterocycles. The summed E-state index contributed by atoms with van der Waals surface area (Å²) in [5.74, 6) is -0.389. The van der Waals surface area contributed by atoms with Gasteiger partial charge in [-0.1, -0.05) is 0 Å². The lowest BCUT2D eigenvalue weighted by Crippen LogP contribution is -2.37. The van der Waals surface area contributed by atoms with Gasteiger partial charge in [0.15, 0.2) is 5.82 Å². The van der Waals surface area contributed by atoms with Crippen LogP contribution in [0.5, 0.6) is 0 Å². The average molecular weight is 502 g/mol. The lowest BCUT2D eigenvalue weighted by atomic mass is 10.1. The van der Waals surface area contributed by atoms with Gasteiger partial charge in [-0.2, -0.15) is 5.10 Å². The van der Waals surface area contributed by atoms with Crippen LogP contribution >= 0.6 is 31.9 Å². The highest BCUT2D eigenvalue weighted by atomic mass is 79.9. The molecule has 9 nitrogen and oxygen atoms in total. The van der Waals surface area contributed by atoms with Gasteiger partial charge in [-0.05, 0) is 50.8 Å². The van der Waals surface area contributed by atoms with E-state index in [1.54, 1.807) is 12.3 Å². The summed E-state index contributed by atoms with van der Waals surface area (Å²) >= 11 is 6.52. The minimum atomic E-state index is -0.763. The molecule has 2 aromatic rings. The van der Waals surface area contributed by atoms with Crippen molar-refractivity contribution >= 4 is 49.5 Å². The second-order valence-electron chi connectivity index (χ2n) is 6.29. The van der Waals surface area contributed by atoms with E-state index >= 15 is 0 Å². The van der Waals surface area contributed by atoms with Crippen molar-refractivity contribution in [2.45, 2.75) is 25.0 Å². The molecule has 0 unspecified atom stereocenters.